The molecule has 3 aromatic rings. The summed E-state index contributed by atoms with van der Waals surface area (Å²) < 4.78 is 66.7. The van der Waals surface area contributed by atoms with Crippen molar-refractivity contribution in [2.24, 2.45) is 0 Å². The number of carbonyl (C=O) groups excluding carboxylic acids is 2. The van der Waals surface area contributed by atoms with Crippen molar-refractivity contribution in [3.05, 3.63) is 48.2 Å². The number of hydrogen-bond donors (Lipinski definition) is 3. The molecule has 2 amide bonds. The molecule has 296 valence electrons. The normalized spacial score (nSPS) is 15.8. The SMILES string of the molecule is CC#CC(=O)Nc1cc(Nc2ncc(C(F)(F)F)c(Nc3ccccc3P(C)(C)=O)n2)c(OC)cc1N1CCC(N2CCN(C(=O)OC(C)(C)C)CC2)CC1. The molecular formula is C38H48F3N8O5P. The molecule has 2 saturated heterocycles. The molecule has 2 aromatic carbocycles. The summed E-state index contributed by atoms with van der Waals surface area (Å²) in [7, 11) is -1.42. The summed E-state index contributed by atoms with van der Waals surface area (Å²) in [5.41, 5.74) is -0.0826. The van der Waals surface area contributed by atoms with Crippen LogP contribution in [0.2, 0.25) is 0 Å². The highest BCUT2D eigenvalue weighted by atomic mass is 31.2. The lowest BCUT2D eigenvalue weighted by molar-refractivity contribution is -0.137. The Labute approximate surface area is 319 Å². The van der Waals surface area contributed by atoms with Gasteiger partial charge in [-0.15, -0.1) is 0 Å². The van der Waals surface area contributed by atoms with Gasteiger partial charge in [0.15, 0.2) is 0 Å². The van der Waals surface area contributed by atoms with Crippen LogP contribution in [0.3, 0.4) is 0 Å². The van der Waals surface area contributed by atoms with Crippen LogP contribution in [-0.2, 0) is 20.3 Å². The number of piperazine rings is 1. The van der Waals surface area contributed by atoms with E-state index in [-0.39, 0.29) is 23.4 Å². The van der Waals surface area contributed by atoms with Gasteiger partial charge in [-0.05, 0) is 78.0 Å². The fourth-order valence-electron chi connectivity index (χ4n) is 6.57. The minimum absolute atomic E-state index is 0.187. The zero-order valence-corrected chi connectivity index (χ0v) is 33.0. The summed E-state index contributed by atoms with van der Waals surface area (Å²) in [5.74, 6) is 4.14. The highest BCUT2D eigenvalue weighted by Crippen LogP contribution is 2.42. The van der Waals surface area contributed by atoms with Gasteiger partial charge in [-0.2, -0.15) is 18.2 Å². The number of methoxy groups -OCH3 is 1. The molecule has 13 nitrogen and oxygen atoms in total. The number of nitrogens with zero attached hydrogens (tertiary/aromatic N) is 5. The molecule has 0 saturated carbocycles. The first-order valence-corrected chi connectivity index (χ1v) is 20.5. The van der Waals surface area contributed by atoms with E-state index in [1.165, 1.54) is 26.5 Å². The molecule has 0 spiro atoms. The predicted molar refractivity (Wildman–Crippen MR) is 209 cm³/mol. The molecule has 1 aromatic heterocycles. The molecule has 3 heterocycles. The second-order valence-electron chi connectivity index (χ2n) is 14.7. The Balaban J connectivity index is 1.38. The Morgan fingerprint density at radius 1 is 0.945 bits per heavy atom. The van der Waals surface area contributed by atoms with Crippen molar-refractivity contribution in [2.45, 2.75) is 58.4 Å². The van der Waals surface area contributed by atoms with Gasteiger partial charge in [-0.3, -0.25) is 9.69 Å². The Morgan fingerprint density at radius 2 is 1.62 bits per heavy atom. The zero-order chi connectivity index (χ0) is 40.1. The number of amides is 2. The van der Waals surface area contributed by atoms with Crippen molar-refractivity contribution in [2.75, 3.05) is 80.6 Å². The van der Waals surface area contributed by atoms with Gasteiger partial charge >= 0.3 is 12.3 Å². The van der Waals surface area contributed by atoms with E-state index in [4.69, 9.17) is 9.47 Å². The van der Waals surface area contributed by atoms with Crippen molar-refractivity contribution in [1.29, 1.82) is 0 Å². The van der Waals surface area contributed by atoms with Crippen molar-refractivity contribution < 1.29 is 36.8 Å². The largest absolute Gasteiger partial charge is 0.494 e. The number of carbonyl (C=O) groups is 2. The molecule has 17 heteroatoms. The van der Waals surface area contributed by atoms with Crippen LogP contribution < -0.4 is 30.9 Å². The fourth-order valence-corrected chi connectivity index (χ4v) is 7.73. The van der Waals surface area contributed by atoms with E-state index in [1.54, 1.807) is 42.2 Å². The van der Waals surface area contributed by atoms with Gasteiger partial charge in [0.05, 0.1) is 29.9 Å². The Kier molecular flexibility index (Phi) is 12.6. The lowest BCUT2D eigenvalue weighted by atomic mass is 10.0. The maximum Gasteiger partial charge on any atom is 0.421 e. The molecule has 2 fully saturated rings. The minimum Gasteiger partial charge on any atom is -0.494 e. The molecule has 0 unspecified atom stereocenters. The number of para-hydroxylation sites is 1. The van der Waals surface area contributed by atoms with Gasteiger partial charge in [-0.1, -0.05) is 18.1 Å². The van der Waals surface area contributed by atoms with E-state index in [0.717, 1.165) is 25.9 Å². The number of halogens is 3. The smallest absolute Gasteiger partial charge is 0.421 e. The molecule has 0 aliphatic carbocycles. The number of ether oxygens (including phenoxy) is 2. The maximum atomic E-state index is 14.2. The van der Waals surface area contributed by atoms with Crippen molar-refractivity contribution in [1.82, 2.24) is 19.8 Å². The minimum atomic E-state index is -4.79. The molecule has 5 rings (SSSR count). The van der Waals surface area contributed by atoms with Crippen LogP contribution in [0.15, 0.2) is 42.6 Å². The van der Waals surface area contributed by atoms with Crippen LogP contribution in [-0.4, -0.2) is 103 Å². The number of nitrogens with one attached hydrogen (secondary N) is 3. The van der Waals surface area contributed by atoms with Gasteiger partial charge in [0.1, 0.15) is 29.9 Å². The highest BCUT2D eigenvalue weighted by Gasteiger charge is 2.36. The number of anilines is 6. The highest BCUT2D eigenvalue weighted by molar-refractivity contribution is 7.70. The molecule has 2 aliphatic rings. The topological polar surface area (TPSA) is 141 Å². The van der Waals surface area contributed by atoms with E-state index < -0.39 is 36.2 Å². The van der Waals surface area contributed by atoms with Crippen molar-refractivity contribution in [3.63, 3.8) is 0 Å². The molecule has 0 radical (unpaired) electrons. The summed E-state index contributed by atoms with van der Waals surface area (Å²) >= 11 is 0. The van der Waals surface area contributed by atoms with E-state index in [9.17, 15) is 27.3 Å². The summed E-state index contributed by atoms with van der Waals surface area (Å²) in [5, 5.41) is 8.92. The average Bonchev–Trinajstić information content (AvgIpc) is 3.11. The van der Waals surface area contributed by atoms with Gasteiger partial charge in [0.2, 0.25) is 5.95 Å². The molecule has 0 atom stereocenters. The quantitative estimate of drug-likeness (QED) is 0.157. The second-order valence-corrected chi connectivity index (χ2v) is 17.9. The third-order valence-corrected chi connectivity index (χ3v) is 10.7. The van der Waals surface area contributed by atoms with Gasteiger partial charge in [0, 0.05) is 62.9 Å². The number of aromatic nitrogens is 2. The van der Waals surface area contributed by atoms with Gasteiger partial charge < -0.3 is 39.8 Å². The van der Waals surface area contributed by atoms with Gasteiger partial charge in [0.25, 0.3) is 5.91 Å². The fraction of sp³-hybridized carbons (Fsp3) is 0.474. The summed E-state index contributed by atoms with van der Waals surface area (Å²) in [6.45, 7) is 14.1. The first-order valence-electron chi connectivity index (χ1n) is 17.9. The predicted octanol–water partition coefficient (Wildman–Crippen LogP) is 6.72. The van der Waals surface area contributed by atoms with Crippen molar-refractivity contribution >= 4 is 59.0 Å². The zero-order valence-electron chi connectivity index (χ0n) is 32.1. The monoisotopic (exact) mass is 784 g/mol. The first-order chi connectivity index (χ1) is 25.9. The molecule has 0 bridgehead atoms. The molecule has 2 aliphatic heterocycles. The first kappa shape index (κ1) is 41.2. The lowest BCUT2D eigenvalue weighted by Crippen LogP contribution is -2.55. The Bertz CT molecular complexity index is 1990. The van der Waals surface area contributed by atoms with Crippen LogP contribution in [0.5, 0.6) is 5.75 Å². The Morgan fingerprint density at radius 3 is 2.22 bits per heavy atom. The molecule has 3 N–H and O–H groups in total. The van der Waals surface area contributed by atoms with E-state index >= 15 is 0 Å². The van der Waals surface area contributed by atoms with E-state index in [2.05, 4.69) is 47.6 Å². The number of benzene rings is 2. The number of piperidine rings is 1. The summed E-state index contributed by atoms with van der Waals surface area (Å²) in [6.07, 6.45) is -2.76. The second kappa shape index (κ2) is 16.8. The number of alkyl halides is 3. The van der Waals surface area contributed by atoms with Crippen LogP contribution in [0.1, 0.15) is 46.1 Å². The standard InChI is InChI=1S/C38H48F3N8O5P/c1-8-11-33(50)43-28-22-29(45-35-42-24-26(38(39,40)41)34(46-35)44-27-12-9-10-13-32(27)55(6,7)52)31(53-5)23-30(28)48-16-14-25(15-17-48)47-18-20-49(21-19-47)36(51)54-37(2,3)4/h9-10,12-13,22-25H,14-21H2,1-7H3,(H,43,50)(H2,42,44,45,46). The van der Waals surface area contributed by atoms with Crippen LogP contribution in [0.4, 0.5) is 52.5 Å². The van der Waals surface area contributed by atoms with E-state index in [0.29, 0.717) is 60.8 Å². The van der Waals surface area contributed by atoms with Crippen LogP contribution in [0.25, 0.3) is 0 Å². The third kappa shape index (κ3) is 10.6. The van der Waals surface area contributed by atoms with Crippen LogP contribution in [0, 0.1) is 11.8 Å². The molecule has 55 heavy (non-hydrogen) atoms. The van der Waals surface area contributed by atoms with E-state index in [1.807, 2.05) is 20.8 Å². The van der Waals surface area contributed by atoms with Crippen LogP contribution >= 0.6 is 7.14 Å². The molecular weight excluding hydrogens is 736 g/mol. The lowest BCUT2D eigenvalue weighted by Gasteiger charge is -2.43. The van der Waals surface area contributed by atoms with Gasteiger partial charge in [-0.25, -0.2) is 9.78 Å². The maximum absolute atomic E-state index is 14.2. The average molecular weight is 785 g/mol. The number of rotatable bonds is 9. The van der Waals surface area contributed by atoms with Crippen molar-refractivity contribution in [3.8, 4) is 17.6 Å². The third-order valence-electron chi connectivity index (χ3n) is 9.17. The summed E-state index contributed by atoms with van der Waals surface area (Å²) in [6, 6.07) is 10.1. The summed E-state index contributed by atoms with van der Waals surface area (Å²) in [4.78, 5) is 39.8. The number of hydrogen-bond acceptors (Lipinski definition) is 11. The Hall–Kier alpha value is -5.00.